The molecule has 398 valence electrons. The maximum atomic E-state index is 14.3. The van der Waals surface area contributed by atoms with Gasteiger partial charge in [-0.2, -0.15) is 0 Å². The molecule has 1 aliphatic carbocycles. The van der Waals surface area contributed by atoms with Gasteiger partial charge in [0.05, 0.1) is 75.2 Å². The minimum atomic E-state index is -1.41. The highest BCUT2D eigenvalue weighted by molar-refractivity contribution is 6.06. The van der Waals surface area contributed by atoms with Crippen LogP contribution in [0.4, 0.5) is 21.9 Å². The SMILES string of the molecule is COc1ccc(C2=CN3C(=O)c4cc(OC)c(OCCCCCOc5cc6c(cc5OC)C(=O)N5CC7(CC7)C[C@H]5C(O)N6C(=O)OCc5ccc(NC(=O)[C@H](C)NC(=O)[C@H](N)C(C)C)cc5)cc4NC[C@H]3C2)cc1. The minimum absolute atomic E-state index is 0.0529. The Balaban J connectivity index is 0.813. The van der Waals surface area contributed by atoms with Crippen molar-refractivity contribution in [3.8, 4) is 28.7 Å². The zero-order valence-electron chi connectivity index (χ0n) is 43.3. The fraction of sp³-hybridized carbons (Fsp3) is 0.446. The Kier molecular flexibility index (Phi) is 15.5. The highest BCUT2D eigenvalue weighted by atomic mass is 16.6. The van der Waals surface area contributed by atoms with Gasteiger partial charge in [0.25, 0.3) is 11.8 Å². The number of aliphatic hydroxyl groups excluding tert-OH is 1. The second-order valence-corrected chi connectivity index (χ2v) is 20.4. The summed E-state index contributed by atoms with van der Waals surface area (Å²) in [4.78, 5) is 72.3. The standard InChI is InChI=1S/C56H67N7O12/c1-32(2)49(57)51(65)59-33(3)50(64)60-37-14-10-34(11-15-37)30-75-55(69)63-43-26-48(46(72-6)24-41(43)53(67)62-31-56(18-19-56)27-44(62)54(63)68)74-21-9-7-8-20-73-47-25-42-40(23-45(47)71-5)52(66)61-29-36(22-38(61)28-58-42)35-12-16-39(70-4)17-13-35/h10-17,23-26,29,32-33,38,44,49,54,58,68H,7-9,18-22,27-28,30-31,57H2,1-6H3,(H,59,65)(H,60,64)/t33-,38+,44-,49+,54?/m0/s1. The number of anilines is 3. The Bertz CT molecular complexity index is 2830. The van der Waals surface area contributed by atoms with Crippen LogP contribution >= 0.6 is 0 Å². The van der Waals surface area contributed by atoms with Crippen LogP contribution in [0, 0.1) is 11.3 Å². The number of hydrogen-bond acceptors (Lipinski definition) is 14. The molecule has 4 aromatic rings. The van der Waals surface area contributed by atoms with Crippen molar-refractivity contribution >= 4 is 52.4 Å². The molecule has 4 aromatic carbocycles. The van der Waals surface area contributed by atoms with Crippen molar-refractivity contribution in [1.29, 1.82) is 0 Å². The molecule has 19 heteroatoms. The fourth-order valence-corrected chi connectivity index (χ4v) is 10.2. The van der Waals surface area contributed by atoms with Crippen LogP contribution in [-0.2, 0) is 20.9 Å². The monoisotopic (exact) mass is 1030 g/mol. The highest BCUT2D eigenvalue weighted by Crippen LogP contribution is 2.57. The molecule has 1 spiro atoms. The molecule has 0 radical (unpaired) electrons. The largest absolute Gasteiger partial charge is 0.497 e. The second kappa shape index (κ2) is 22.1. The van der Waals surface area contributed by atoms with E-state index >= 15 is 0 Å². The number of ether oxygens (including phenoxy) is 6. The van der Waals surface area contributed by atoms with Crippen molar-refractivity contribution < 1.29 is 57.5 Å². The summed E-state index contributed by atoms with van der Waals surface area (Å²) in [6.45, 7) is 6.71. The van der Waals surface area contributed by atoms with Gasteiger partial charge in [-0.3, -0.25) is 19.2 Å². The smallest absolute Gasteiger partial charge is 0.416 e. The molecule has 1 saturated heterocycles. The zero-order chi connectivity index (χ0) is 53.1. The maximum absolute atomic E-state index is 14.3. The summed E-state index contributed by atoms with van der Waals surface area (Å²) in [5, 5.41) is 20.9. The van der Waals surface area contributed by atoms with Crippen LogP contribution in [0.1, 0.15) is 97.6 Å². The van der Waals surface area contributed by atoms with E-state index in [-0.39, 0.29) is 59.4 Å². The molecule has 6 N–H and O–H groups in total. The van der Waals surface area contributed by atoms with E-state index in [0.717, 1.165) is 41.0 Å². The Morgan fingerprint density at radius 3 is 2.12 bits per heavy atom. The van der Waals surface area contributed by atoms with Crippen LogP contribution in [0.15, 0.2) is 79.0 Å². The number of benzene rings is 4. The van der Waals surface area contributed by atoms with Crippen molar-refractivity contribution in [1.82, 2.24) is 15.1 Å². The topological polar surface area (TPSA) is 233 Å². The molecule has 4 aliphatic heterocycles. The molecule has 5 aliphatic rings. The summed E-state index contributed by atoms with van der Waals surface area (Å²) in [5.74, 6) is 0.943. The fourth-order valence-electron chi connectivity index (χ4n) is 10.2. The van der Waals surface area contributed by atoms with E-state index in [4.69, 9.17) is 34.2 Å². The van der Waals surface area contributed by atoms with Gasteiger partial charge in [0.15, 0.2) is 29.2 Å². The summed E-state index contributed by atoms with van der Waals surface area (Å²) < 4.78 is 35.1. The molecule has 75 heavy (non-hydrogen) atoms. The van der Waals surface area contributed by atoms with Crippen LogP contribution < -0.4 is 50.3 Å². The Morgan fingerprint density at radius 2 is 1.48 bits per heavy atom. The molecule has 2 fully saturated rings. The third-order valence-corrected chi connectivity index (χ3v) is 14.9. The number of nitrogens with one attached hydrogen (secondary N) is 3. The van der Waals surface area contributed by atoms with Gasteiger partial charge in [0, 0.05) is 37.1 Å². The highest BCUT2D eigenvalue weighted by Gasteiger charge is 2.58. The molecule has 5 amide bonds. The van der Waals surface area contributed by atoms with E-state index in [0.29, 0.717) is 85.1 Å². The number of rotatable bonds is 19. The molecular weight excluding hydrogens is 963 g/mol. The lowest BCUT2D eigenvalue weighted by atomic mass is 10.0. The first-order valence-corrected chi connectivity index (χ1v) is 25.6. The van der Waals surface area contributed by atoms with E-state index in [9.17, 15) is 29.1 Å². The molecule has 0 aromatic heterocycles. The Labute approximate surface area is 436 Å². The van der Waals surface area contributed by atoms with Gasteiger partial charge < -0.3 is 65.0 Å². The van der Waals surface area contributed by atoms with Crippen LogP contribution in [0.25, 0.3) is 5.57 Å². The number of nitrogens with zero attached hydrogens (tertiary/aromatic N) is 3. The molecule has 1 unspecified atom stereocenters. The van der Waals surface area contributed by atoms with Crippen LogP contribution in [0.5, 0.6) is 28.7 Å². The zero-order valence-corrected chi connectivity index (χ0v) is 43.3. The number of fused-ring (bicyclic) bond motifs is 4. The lowest BCUT2D eigenvalue weighted by Gasteiger charge is -2.31. The van der Waals surface area contributed by atoms with Crippen molar-refractivity contribution in [2.75, 3.05) is 63.2 Å². The number of hydrogen-bond donors (Lipinski definition) is 5. The average molecular weight is 1030 g/mol. The number of carbonyl (C=O) groups excluding carboxylic acids is 5. The van der Waals surface area contributed by atoms with Gasteiger partial charge in [0.2, 0.25) is 11.8 Å². The van der Waals surface area contributed by atoms with Crippen LogP contribution in [0.2, 0.25) is 0 Å². The number of methoxy groups -OCH3 is 3. The summed E-state index contributed by atoms with van der Waals surface area (Å²) in [5.41, 5.74) is 10.5. The maximum Gasteiger partial charge on any atom is 0.416 e. The summed E-state index contributed by atoms with van der Waals surface area (Å²) in [7, 11) is 4.66. The van der Waals surface area contributed by atoms with Gasteiger partial charge >= 0.3 is 6.09 Å². The van der Waals surface area contributed by atoms with Gasteiger partial charge in [-0.15, -0.1) is 0 Å². The van der Waals surface area contributed by atoms with Gasteiger partial charge in [-0.1, -0.05) is 38.1 Å². The quantitative estimate of drug-likeness (QED) is 0.0601. The van der Waals surface area contributed by atoms with Crippen LogP contribution in [-0.4, -0.2) is 123 Å². The van der Waals surface area contributed by atoms with E-state index in [2.05, 4.69) is 16.0 Å². The number of amides is 5. The van der Waals surface area contributed by atoms with E-state index in [1.807, 2.05) is 50.4 Å². The van der Waals surface area contributed by atoms with E-state index in [1.165, 1.54) is 7.11 Å². The molecule has 19 nitrogen and oxygen atoms in total. The second-order valence-electron chi connectivity index (χ2n) is 20.4. The van der Waals surface area contributed by atoms with Crippen molar-refractivity contribution in [3.63, 3.8) is 0 Å². The number of aliphatic hydroxyl groups is 1. The number of carbonyl (C=O) groups is 5. The van der Waals surface area contributed by atoms with Gasteiger partial charge in [-0.25, -0.2) is 9.69 Å². The lowest BCUT2D eigenvalue weighted by Crippen LogP contribution is -2.50. The van der Waals surface area contributed by atoms with E-state index in [1.54, 1.807) is 73.4 Å². The lowest BCUT2D eigenvalue weighted by molar-refractivity contribution is -0.127. The van der Waals surface area contributed by atoms with Gasteiger partial charge in [-0.05, 0) is 116 Å². The molecule has 0 bridgehead atoms. The molecule has 1 saturated carbocycles. The Morgan fingerprint density at radius 1 is 0.813 bits per heavy atom. The molecule has 4 heterocycles. The summed E-state index contributed by atoms with van der Waals surface area (Å²) in [6.07, 6.45) is 4.81. The molecule has 5 atom stereocenters. The predicted molar refractivity (Wildman–Crippen MR) is 280 cm³/mol. The number of unbranched alkanes of at least 4 members (excludes halogenated alkanes) is 2. The number of nitrogens with two attached hydrogens (primary N) is 1. The van der Waals surface area contributed by atoms with Crippen molar-refractivity contribution in [2.24, 2.45) is 17.1 Å². The average Bonchev–Trinajstić information content (AvgIpc) is 3.95. The first-order chi connectivity index (χ1) is 36.1. The molecular formula is C56H67N7O12. The Hall–Kier alpha value is -7.51. The first-order valence-electron chi connectivity index (χ1n) is 25.6. The van der Waals surface area contributed by atoms with Crippen molar-refractivity contribution in [2.45, 2.75) is 103 Å². The minimum Gasteiger partial charge on any atom is -0.497 e. The third-order valence-electron chi connectivity index (χ3n) is 14.9. The van der Waals surface area contributed by atoms with Crippen molar-refractivity contribution in [3.05, 3.63) is 101 Å². The summed E-state index contributed by atoms with van der Waals surface area (Å²) >= 11 is 0. The predicted octanol–water partition coefficient (Wildman–Crippen LogP) is 6.92. The van der Waals surface area contributed by atoms with Gasteiger partial charge in [0.1, 0.15) is 18.4 Å². The third kappa shape index (κ3) is 11.1. The summed E-state index contributed by atoms with van der Waals surface area (Å²) in [6, 6.07) is 18.9. The van der Waals surface area contributed by atoms with Crippen LogP contribution in [0.3, 0.4) is 0 Å². The molecule has 9 rings (SSSR count). The first kappa shape index (κ1) is 52.4. The van der Waals surface area contributed by atoms with E-state index < -0.39 is 42.3 Å². The normalized spacial score (nSPS) is 19.8.